The third-order valence-electron chi connectivity index (χ3n) is 5.08. The SMILES string of the molecule is Cc1ccc(-c2csc(-n3nc(C)cc3NC(=O)C3CCCCC3)n2)cc1. The summed E-state index contributed by atoms with van der Waals surface area (Å²) in [6, 6.07) is 10.2. The van der Waals surface area contributed by atoms with Gasteiger partial charge in [0.15, 0.2) is 0 Å². The summed E-state index contributed by atoms with van der Waals surface area (Å²) in [6.07, 6.45) is 5.48. The molecular weight excluding hydrogens is 356 g/mol. The van der Waals surface area contributed by atoms with Gasteiger partial charge in [0.1, 0.15) is 5.82 Å². The van der Waals surface area contributed by atoms with Crippen LogP contribution in [0.25, 0.3) is 16.4 Å². The third-order valence-corrected chi connectivity index (χ3v) is 5.90. The summed E-state index contributed by atoms with van der Waals surface area (Å²) in [7, 11) is 0. The molecule has 1 aliphatic carbocycles. The Morgan fingerprint density at radius 2 is 1.89 bits per heavy atom. The normalized spacial score (nSPS) is 15.0. The number of benzene rings is 1. The number of nitrogens with zero attached hydrogens (tertiary/aromatic N) is 3. The predicted octanol–water partition coefficient (Wildman–Crippen LogP) is 5.13. The van der Waals surface area contributed by atoms with E-state index in [1.165, 1.54) is 23.3 Å². The fraction of sp³-hybridized carbons (Fsp3) is 0.381. The van der Waals surface area contributed by atoms with Crippen LogP contribution >= 0.6 is 11.3 Å². The molecule has 2 heterocycles. The highest BCUT2D eigenvalue weighted by molar-refractivity contribution is 7.12. The summed E-state index contributed by atoms with van der Waals surface area (Å²) in [5, 5.41) is 10.4. The van der Waals surface area contributed by atoms with Gasteiger partial charge in [-0.25, -0.2) is 4.98 Å². The van der Waals surface area contributed by atoms with Crippen LogP contribution in [0.4, 0.5) is 5.82 Å². The van der Waals surface area contributed by atoms with Gasteiger partial charge in [0, 0.05) is 22.9 Å². The number of thiazole rings is 1. The summed E-state index contributed by atoms with van der Waals surface area (Å²) in [5.41, 5.74) is 4.10. The fourth-order valence-electron chi connectivity index (χ4n) is 3.55. The molecule has 5 nitrogen and oxygen atoms in total. The lowest BCUT2D eigenvalue weighted by atomic mass is 9.89. The number of nitrogens with one attached hydrogen (secondary N) is 1. The van der Waals surface area contributed by atoms with Gasteiger partial charge in [0.05, 0.1) is 11.4 Å². The van der Waals surface area contributed by atoms with Gasteiger partial charge in [-0.1, -0.05) is 49.1 Å². The van der Waals surface area contributed by atoms with Gasteiger partial charge in [-0.2, -0.15) is 9.78 Å². The van der Waals surface area contributed by atoms with E-state index < -0.39 is 0 Å². The molecule has 1 fully saturated rings. The Morgan fingerprint density at radius 1 is 1.15 bits per heavy atom. The lowest BCUT2D eigenvalue weighted by molar-refractivity contribution is -0.120. The molecule has 0 bridgehead atoms. The molecule has 1 N–H and O–H groups in total. The number of carbonyl (C=O) groups is 1. The Morgan fingerprint density at radius 3 is 2.63 bits per heavy atom. The molecule has 0 saturated heterocycles. The van der Waals surface area contributed by atoms with Crippen molar-refractivity contribution in [3.8, 4) is 16.4 Å². The zero-order valence-corrected chi connectivity index (χ0v) is 16.6. The minimum absolute atomic E-state index is 0.103. The van der Waals surface area contributed by atoms with Crippen molar-refractivity contribution in [3.05, 3.63) is 47.0 Å². The van der Waals surface area contributed by atoms with Crippen LogP contribution in [0.15, 0.2) is 35.7 Å². The zero-order chi connectivity index (χ0) is 18.8. The molecular formula is C21H24N4OS. The van der Waals surface area contributed by atoms with E-state index in [9.17, 15) is 4.79 Å². The fourth-order valence-corrected chi connectivity index (χ4v) is 4.34. The largest absolute Gasteiger partial charge is 0.310 e. The Bertz CT molecular complexity index is 936. The summed E-state index contributed by atoms with van der Waals surface area (Å²) >= 11 is 1.53. The van der Waals surface area contributed by atoms with Crippen molar-refractivity contribution in [1.82, 2.24) is 14.8 Å². The van der Waals surface area contributed by atoms with Gasteiger partial charge < -0.3 is 5.32 Å². The van der Waals surface area contributed by atoms with Crippen LogP contribution in [0.3, 0.4) is 0 Å². The number of carbonyl (C=O) groups excluding carboxylic acids is 1. The molecule has 0 unspecified atom stereocenters. The van der Waals surface area contributed by atoms with Crippen LogP contribution in [0.1, 0.15) is 43.4 Å². The van der Waals surface area contributed by atoms with Gasteiger partial charge in [0.25, 0.3) is 0 Å². The second-order valence-electron chi connectivity index (χ2n) is 7.29. The molecule has 0 radical (unpaired) electrons. The topological polar surface area (TPSA) is 59.8 Å². The van der Waals surface area contributed by atoms with Gasteiger partial charge >= 0.3 is 0 Å². The first kappa shape index (κ1) is 17.9. The molecule has 0 aliphatic heterocycles. The molecule has 4 rings (SSSR count). The maximum atomic E-state index is 12.6. The predicted molar refractivity (Wildman–Crippen MR) is 109 cm³/mol. The molecule has 6 heteroatoms. The van der Waals surface area contributed by atoms with E-state index in [2.05, 4.69) is 41.6 Å². The van der Waals surface area contributed by atoms with Crippen LogP contribution in [-0.4, -0.2) is 20.7 Å². The minimum atomic E-state index is 0.103. The van der Waals surface area contributed by atoms with Crippen LogP contribution in [0.5, 0.6) is 0 Å². The summed E-state index contributed by atoms with van der Waals surface area (Å²) in [5.74, 6) is 0.917. The summed E-state index contributed by atoms with van der Waals surface area (Å²) in [4.78, 5) is 17.4. The lowest BCUT2D eigenvalue weighted by Crippen LogP contribution is -2.25. The van der Waals surface area contributed by atoms with E-state index in [0.29, 0.717) is 5.82 Å². The number of anilines is 1. The number of amides is 1. The second-order valence-corrected chi connectivity index (χ2v) is 8.12. The average Bonchev–Trinajstić information content (AvgIpc) is 3.30. The van der Waals surface area contributed by atoms with Crippen LogP contribution < -0.4 is 5.32 Å². The molecule has 140 valence electrons. The van der Waals surface area contributed by atoms with Crippen molar-refractivity contribution in [1.29, 1.82) is 0 Å². The van der Waals surface area contributed by atoms with E-state index in [1.807, 2.05) is 18.4 Å². The zero-order valence-electron chi connectivity index (χ0n) is 15.7. The first-order chi connectivity index (χ1) is 13.1. The van der Waals surface area contributed by atoms with Crippen LogP contribution in [0, 0.1) is 19.8 Å². The molecule has 3 aromatic rings. The molecule has 1 saturated carbocycles. The van der Waals surface area contributed by atoms with Crippen molar-refractivity contribution in [2.45, 2.75) is 46.0 Å². The maximum absolute atomic E-state index is 12.6. The highest BCUT2D eigenvalue weighted by atomic mass is 32.1. The first-order valence-electron chi connectivity index (χ1n) is 9.50. The van der Waals surface area contributed by atoms with Crippen molar-refractivity contribution in [2.24, 2.45) is 5.92 Å². The standard InChI is InChI=1S/C21H24N4OS/c1-14-8-10-16(11-9-14)18-13-27-21(22-18)25-19(12-15(2)24-25)23-20(26)17-6-4-3-5-7-17/h8-13,17H,3-7H2,1-2H3,(H,23,26). The number of hydrogen-bond acceptors (Lipinski definition) is 4. The van der Waals surface area contributed by atoms with Crippen LogP contribution in [-0.2, 0) is 4.79 Å². The van der Waals surface area contributed by atoms with E-state index in [0.717, 1.165) is 47.8 Å². The van der Waals surface area contributed by atoms with E-state index >= 15 is 0 Å². The highest BCUT2D eigenvalue weighted by Gasteiger charge is 2.23. The lowest BCUT2D eigenvalue weighted by Gasteiger charge is -2.20. The summed E-state index contributed by atoms with van der Waals surface area (Å²) in [6.45, 7) is 4.01. The highest BCUT2D eigenvalue weighted by Crippen LogP contribution is 2.28. The van der Waals surface area contributed by atoms with Crippen molar-refractivity contribution in [2.75, 3.05) is 5.32 Å². The number of aryl methyl sites for hydroxylation is 2. The molecule has 27 heavy (non-hydrogen) atoms. The van der Waals surface area contributed by atoms with E-state index in [4.69, 9.17) is 4.98 Å². The van der Waals surface area contributed by atoms with E-state index in [1.54, 1.807) is 4.68 Å². The van der Waals surface area contributed by atoms with E-state index in [-0.39, 0.29) is 11.8 Å². The van der Waals surface area contributed by atoms with Crippen molar-refractivity contribution >= 4 is 23.1 Å². The smallest absolute Gasteiger partial charge is 0.228 e. The van der Waals surface area contributed by atoms with Gasteiger partial charge in [-0.05, 0) is 26.7 Å². The molecule has 1 aliphatic rings. The quantitative estimate of drug-likeness (QED) is 0.682. The van der Waals surface area contributed by atoms with Crippen LogP contribution in [0.2, 0.25) is 0 Å². The Labute approximate surface area is 163 Å². The molecule has 0 atom stereocenters. The average molecular weight is 381 g/mol. The first-order valence-corrected chi connectivity index (χ1v) is 10.4. The Hall–Kier alpha value is -2.47. The maximum Gasteiger partial charge on any atom is 0.228 e. The monoisotopic (exact) mass is 380 g/mol. The second kappa shape index (κ2) is 7.64. The Kier molecular flexibility index (Phi) is 5.07. The number of aromatic nitrogens is 3. The van der Waals surface area contributed by atoms with Crippen molar-refractivity contribution < 1.29 is 4.79 Å². The molecule has 1 amide bonds. The number of rotatable bonds is 4. The molecule has 2 aromatic heterocycles. The van der Waals surface area contributed by atoms with Crippen molar-refractivity contribution in [3.63, 3.8) is 0 Å². The number of hydrogen-bond donors (Lipinski definition) is 1. The Balaban J connectivity index is 1.57. The van der Waals surface area contributed by atoms with Gasteiger partial charge in [-0.15, -0.1) is 11.3 Å². The molecule has 1 aromatic carbocycles. The van der Waals surface area contributed by atoms with Gasteiger partial charge in [0.2, 0.25) is 11.0 Å². The van der Waals surface area contributed by atoms with Gasteiger partial charge in [-0.3, -0.25) is 4.79 Å². The third kappa shape index (κ3) is 3.95. The molecule has 0 spiro atoms. The minimum Gasteiger partial charge on any atom is -0.310 e. The summed E-state index contributed by atoms with van der Waals surface area (Å²) < 4.78 is 1.75.